The maximum absolute atomic E-state index is 12.4. The maximum atomic E-state index is 12.4. The normalized spacial score (nSPS) is 14.6. The van der Waals surface area contributed by atoms with Gasteiger partial charge in [0.1, 0.15) is 11.0 Å². The quantitative estimate of drug-likeness (QED) is 0.600. The Kier molecular flexibility index (Phi) is 5.80. The number of amides is 1. The van der Waals surface area contributed by atoms with Gasteiger partial charge in [0, 0.05) is 34.6 Å². The van der Waals surface area contributed by atoms with Gasteiger partial charge in [0.25, 0.3) is 0 Å². The SMILES string of the molecule is NS(=O)c1cc(NC(=O)Cc2ccccc2Cl)ccc1-c1cnn(CC2CC2)c1. The molecule has 1 amide bonds. The molecule has 2 aromatic carbocycles. The largest absolute Gasteiger partial charge is 0.326 e. The number of halogens is 1. The van der Waals surface area contributed by atoms with Gasteiger partial charge >= 0.3 is 0 Å². The fourth-order valence-electron chi connectivity index (χ4n) is 3.19. The van der Waals surface area contributed by atoms with Gasteiger partial charge in [-0.05, 0) is 42.5 Å². The predicted octanol–water partition coefficient (Wildman–Crippen LogP) is 3.78. The zero-order valence-corrected chi connectivity index (χ0v) is 17.2. The van der Waals surface area contributed by atoms with Gasteiger partial charge in [-0.3, -0.25) is 9.48 Å². The van der Waals surface area contributed by atoms with Gasteiger partial charge in [0.15, 0.2) is 0 Å². The minimum Gasteiger partial charge on any atom is -0.326 e. The van der Waals surface area contributed by atoms with Gasteiger partial charge in [-0.15, -0.1) is 0 Å². The van der Waals surface area contributed by atoms with Crippen molar-refractivity contribution < 1.29 is 9.00 Å². The Labute approximate surface area is 176 Å². The topological polar surface area (TPSA) is 90.0 Å². The lowest BCUT2D eigenvalue weighted by Gasteiger charge is -2.10. The van der Waals surface area contributed by atoms with Gasteiger partial charge in [-0.1, -0.05) is 35.9 Å². The number of nitrogens with zero attached hydrogens (tertiary/aromatic N) is 2. The Hall–Kier alpha value is -2.48. The molecule has 4 rings (SSSR count). The average Bonchev–Trinajstić information content (AvgIpc) is 3.38. The molecule has 1 saturated carbocycles. The van der Waals surface area contributed by atoms with E-state index in [1.165, 1.54) is 12.8 Å². The molecule has 29 heavy (non-hydrogen) atoms. The van der Waals surface area contributed by atoms with Crippen LogP contribution in [0.1, 0.15) is 18.4 Å². The zero-order chi connectivity index (χ0) is 20.4. The van der Waals surface area contributed by atoms with Crippen molar-refractivity contribution in [2.75, 3.05) is 5.32 Å². The third-order valence-corrected chi connectivity index (χ3v) is 6.02. The number of rotatable bonds is 7. The molecule has 1 aliphatic carbocycles. The number of hydrogen-bond acceptors (Lipinski definition) is 3. The highest BCUT2D eigenvalue weighted by atomic mass is 35.5. The maximum Gasteiger partial charge on any atom is 0.228 e. The van der Waals surface area contributed by atoms with E-state index in [2.05, 4.69) is 10.4 Å². The Morgan fingerprint density at radius 1 is 1.28 bits per heavy atom. The lowest BCUT2D eigenvalue weighted by molar-refractivity contribution is -0.115. The van der Waals surface area contributed by atoms with E-state index in [1.54, 1.807) is 24.4 Å². The molecule has 6 nitrogen and oxygen atoms in total. The summed E-state index contributed by atoms with van der Waals surface area (Å²) < 4.78 is 14.1. The van der Waals surface area contributed by atoms with Crippen LogP contribution in [0.2, 0.25) is 5.02 Å². The molecule has 3 aromatic rings. The third kappa shape index (κ3) is 4.93. The van der Waals surface area contributed by atoms with Gasteiger partial charge in [-0.25, -0.2) is 9.35 Å². The first-order valence-electron chi connectivity index (χ1n) is 9.36. The molecule has 1 atom stereocenters. The highest BCUT2D eigenvalue weighted by Crippen LogP contribution is 2.32. The molecule has 150 valence electrons. The third-order valence-electron chi connectivity index (χ3n) is 4.88. The molecule has 0 spiro atoms. The molecule has 0 aliphatic heterocycles. The lowest BCUT2D eigenvalue weighted by atomic mass is 10.1. The van der Waals surface area contributed by atoms with E-state index in [9.17, 15) is 9.00 Å². The summed E-state index contributed by atoms with van der Waals surface area (Å²) in [5, 5.41) is 13.5. The van der Waals surface area contributed by atoms with Crippen LogP contribution in [0, 0.1) is 5.92 Å². The standard InChI is InChI=1S/C21H21ClN4O2S/c22-19-4-2-1-3-15(19)9-21(27)25-17-7-8-18(20(10-17)29(23)28)16-11-24-26(13-16)12-14-5-6-14/h1-4,7-8,10-11,13-14H,5-6,9,12,23H2,(H,25,27). The highest BCUT2D eigenvalue weighted by molar-refractivity contribution is 7.82. The van der Waals surface area contributed by atoms with Gasteiger partial charge in [-0.2, -0.15) is 5.10 Å². The number of hydrogen-bond donors (Lipinski definition) is 2. The first kappa shape index (κ1) is 19.8. The number of anilines is 1. The van der Waals surface area contributed by atoms with Crippen LogP contribution in [0.3, 0.4) is 0 Å². The van der Waals surface area contributed by atoms with Crippen molar-refractivity contribution in [3.05, 3.63) is 65.4 Å². The van der Waals surface area contributed by atoms with E-state index >= 15 is 0 Å². The molecule has 1 heterocycles. The van der Waals surface area contributed by atoms with Crippen molar-refractivity contribution >= 4 is 34.2 Å². The fourth-order valence-corrected chi connectivity index (χ4v) is 4.04. The number of nitrogens with one attached hydrogen (secondary N) is 1. The Morgan fingerprint density at radius 3 is 2.79 bits per heavy atom. The number of carbonyl (C=O) groups excluding carboxylic acids is 1. The van der Waals surface area contributed by atoms with Crippen molar-refractivity contribution in [3.63, 3.8) is 0 Å². The van der Waals surface area contributed by atoms with Gasteiger partial charge in [0.05, 0.1) is 17.5 Å². The second-order valence-corrected chi connectivity index (χ2v) is 8.66. The van der Waals surface area contributed by atoms with E-state index in [0.717, 1.165) is 23.2 Å². The molecule has 3 N–H and O–H groups in total. The summed E-state index contributed by atoms with van der Waals surface area (Å²) in [4.78, 5) is 12.8. The van der Waals surface area contributed by atoms with E-state index in [1.807, 2.05) is 35.1 Å². The molecule has 1 fully saturated rings. The summed E-state index contributed by atoms with van der Waals surface area (Å²) in [6.07, 6.45) is 6.34. The van der Waals surface area contributed by atoms with Crippen molar-refractivity contribution in [1.29, 1.82) is 0 Å². The Morgan fingerprint density at radius 2 is 2.07 bits per heavy atom. The minimum atomic E-state index is -1.71. The van der Waals surface area contributed by atoms with Crippen LogP contribution in [0.4, 0.5) is 5.69 Å². The lowest BCUT2D eigenvalue weighted by Crippen LogP contribution is -2.15. The number of nitrogens with two attached hydrogens (primary N) is 1. The zero-order valence-electron chi connectivity index (χ0n) is 15.7. The van der Waals surface area contributed by atoms with Crippen molar-refractivity contribution in [2.45, 2.75) is 30.7 Å². The van der Waals surface area contributed by atoms with E-state index in [0.29, 0.717) is 21.5 Å². The number of carbonyl (C=O) groups is 1. The van der Waals surface area contributed by atoms with Crippen LogP contribution in [0.25, 0.3) is 11.1 Å². The second kappa shape index (κ2) is 8.49. The van der Waals surface area contributed by atoms with Crippen LogP contribution in [0.15, 0.2) is 59.8 Å². The molecule has 0 saturated heterocycles. The summed E-state index contributed by atoms with van der Waals surface area (Å²) in [6, 6.07) is 12.4. The second-order valence-electron chi connectivity index (χ2n) is 7.22. The number of benzene rings is 2. The van der Waals surface area contributed by atoms with E-state index in [4.69, 9.17) is 16.7 Å². The van der Waals surface area contributed by atoms with Crippen LogP contribution in [0.5, 0.6) is 0 Å². The smallest absolute Gasteiger partial charge is 0.228 e. The molecule has 0 radical (unpaired) electrons. The highest BCUT2D eigenvalue weighted by Gasteiger charge is 2.22. The van der Waals surface area contributed by atoms with Crippen LogP contribution in [-0.4, -0.2) is 19.9 Å². The monoisotopic (exact) mass is 428 g/mol. The fraction of sp³-hybridized carbons (Fsp3) is 0.238. The average molecular weight is 429 g/mol. The minimum absolute atomic E-state index is 0.149. The Bertz CT molecular complexity index is 1080. The summed E-state index contributed by atoms with van der Waals surface area (Å²) in [6.45, 7) is 0.900. The molecule has 0 bridgehead atoms. The molecule has 1 aromatic heterocycles. The molecule has 1 aliphatic rings. The van der Waals surface area contributed by atoms with Crippen molar-refractivity contribution in [3.8, 4) is 11.1 Å². The van der Waals surface area contributed by atoms with Crippen LogP contribution in [-0.2, 0) is 28.7 Å². The molecule has 8 heteroatoms. The van der Waals surface area contributed by atoms with Crippen LogP contribution < -0.4 is 10.5 Å². The van der Waals surface area contributed by atoms with E-state index in [-0.39, 0.29) is 12.3 Å². The molecular formula is C21H21ClN4O2S. The molecule has 1 unspecified atom stereocenters. The Balaban J connectivity index is 1.52. The summed E-state index contributed by atoms with van der Waals surface area (Å²) >= 11 is 6.12. The summed E-state index contributed by atoms with van der Waals surface area (Å²) in [5.74, 6) is 0.499. The first-order chi connectivity index (χ1) is 14.0. The van der Waals surface area contributed by atoms with Gasteiger partial charge in [0.2, 0.25) is 5.91 Å². The van der Waals surface area contributed by atoms with Gasteiger partial charge < -0.3 is 5.32 Å². The summed E-state index contributed by atoms with van der Waals surface area (Å²) in [7, 11) is -1.71. The molecular weight excluding hydrogens is 408 g/mol. The number of aromatic nitrogens is 2. The van der Waals surface area contributed by atoms with Crippen molar-refractivity contribution in [1.82, 2.24) is 9.78 Å². The predicted molar refractivity (Wildman–Crippen MR) is 115 cm³/mol. The van der Waals surface area contributed by atoms with Crippen LogP contribution >= 0.6 is 11.6 Å². The summed E-state index contributed by atoms with van der Waals surface area (Å²) in [5.41, 5.74) is 2.88. The first-order valence-corrected chi connectivity index (χ1v) is 10.9. The van der Waals surface area contributed by atoms with E-state index < -0.39 is 11.0 Å². The van der Waals surface area contributed by atoms with Crippen molar-refractivity contribution in [2.24, 2.45) is 11.1 Å².